The van der Waals surface area contributed by atoms with Gasteiger partial charge >= 0.3 is 0 Å². The van der Waals surface area contributed by atoms with E-state index in [0.717, 1.165) is 24.8 Å². The van der Waals surface area contributed by atoms with E-state index in [9.17, 15) is 4.79 Å². The van der Waals surface area contributed by atoms with E-state index in [1.165, 1.54) is 18.6 Å². The zero-order valence-corrected chi connectivity index (χ0v) is 9.48. The molecule has 0 saturated carbocycles. The monoisotopic (exact) mass is 214 g/mol. The number of carbonyl (C=O) groups is 1. The lowest BCUT2D eigenvalue weighted by Crippen LogP contribution is -2.39. The van der Waals surface area contributed by atoms with E-state index in [4.69, 9.17) is 0 Å². The Labute approximate surface area is 89.6 Å². The highest BCUT2D eigenvalue weighted by Gasteiger charge is 2.29. The van der Waals surface area contributed by atoms with Crippen LogP contribution in [0.4, 0.5) is 0 Å². The molecular weight excluding hydrogens is 196 g/mol. The predicted octanol–water partition coefficient (Wildman–Crippen LogP) is 0.702. The van der Waals surface area contributed by atoms with Crippen molar-refractivity contribution in [3.05, 3.63) is 0 Å². The van der Waals surface area contributed by atoms with Crippen molar-refractivity contribution in [3.8, 4) is 0 Å². The maximum atomic E-state index is 11.6. The molecule has 2 heterocycles. The lowest BCUT2D eigenvalue weighted by molar-refractivity contribution is -0.128. The second kappa shape index (κ2) is 4.53. The fourth-order valence-electron chi connectivity index (χ4n) is 2.09. The van der Waals surface area contributed by atoms with Gasteiger partial charge in [0, 0.05) is 25.4 Å². The molecule has 2 saturated heterocycles. The maximum Gasteiger partial charge on any atom is 0.239 e. The smallest absolute Gasteiger partial charge is 0.239 e. The van der Waals surface area contributed by atoms with Gasteiger partial charge < -0.3 is 10.2 Å². The normalized spacial score (nSPS) is 32.9. The number of hydrogen-bond donors (Lipinski definition) is 1. The number of nitrogens with one attached hydrogen (secondary N) is 1. The molecule has 80 valence electrons. The molecule has 0 bridgehead atoms. The first-order chi connectivity index (χ1) is 6.77. The lowest BCUT2D eigenvalue weighted by Gasteiger charge is -2.14. The minimum atomic E-state index is 0.0983. The van der Waals surface area contributed by atoms with Gasteiger partial charge in [-0.2, -0.15) is 11.8 Å². The van der Waals surface area contributed by atoms with Crippen molar-refractivity contribution >= 4 is 17.7 Å². The molecule has 14 heavy (non-hydrogen) atoms. The summed E-state index contributed by atoms with van der Waals surface area (Å²) in [7, 11) is 1.88. The Hall–Kier alpha value is -0.220. The average molecular weight is 214 g/mol. The fourth-order valence-corrected chi connectivity index (χ4v) is 3.30. The summed E-state index contributed by atoms with van der Waals surface area (Å²) in [5.41, 5.74) is 0. The minimum Gasteiger partial charge on any atom is -0.344 e. The van der Waals surface area contributed by atoms with E-state index in [-0.39, 0.29) is 11.9 Å². The molecule has 2 rings (SSSR count). The van der Waals surface area contributed by atoms with Gasteiger partial charge in [0.2, 0.25) is 5.91 Å². The van der Waals surface area contributed by atoms with Crippen molar-refractivity contribution in [1.29, 1.82) is 0 Å². The second-order valence-corrected chi connectivity index (χ2v) is 5.55. The van der Waals surface area contributed by atoms with Crippen LogP contribution in [0.15, 0.2) is 0 Å². The van der Waals surface area contributed by atoms with Gasteiger partial charge in [0.25, 0.3) is 0 Å². The summed E-state index contributed by atoms with van der Waals surface area (Å²) in [6.07, 6.45) is 3.64. The van der Waals surface area contributed by atoms with Gasteiger partial charge in [-0.15, -0.1) is 0 Å². The zero-order valence-electron chi connectivity index (χ0n) is 8.66. The third kappa shape index (κ3) is 2.23. The van der Waals surface area contributed by atoms with Crippen LogP contribution in [0, 0.1) is 0 Å². The molecule has 0 spiro atoms. The number of thioether (sulfide) groups is 1. The van der Waals surface area contributed by atoms with Crippen LogP contribution < -0.4 is 5.32 Å². The Bertz CT molecular complexity index is 216. The first kappa shape index (κ1) is 10.3. The molecule has 4 heteroatoms. The molecular formula is C10H18N2OS. The van der Waals surface area contributed by atoms with Gasteiger partial charge in [0.05, 0.1) is 6.04 Å². The highest BCUT2D eigenvalue weighted by Crippen LogP contribution is 2.25. The fraction of sp³-hybridized carbons (Fsp3) is 0.900. The van der Waals surface area contributed by atoms with Crippen LogP contribution in [0.5, 0.6) is 0 Å². The first-order valence-electron chi connectivity index (χ1n) is 5.37. The second-order valence-electron chi connectivity index (χ2n) is 4.14. The molecule has 2 unspecified atom stereocenters. The van der Waals surface area contributed by atoms with Gasteiger partial charge in [0.1, 0.15) is 0 Å². The summed E-state index contributed by atoms with van der Waals surface area (Å²) in [6, 6.07) is 0.0983. The first-order valence-corrected chi connectivity index (χ1v) is 6.42. The van der Waals surface area contributed by atoms with Crippen LogP contribution in [0.3, 0.4) is 0 Å². The van der Waals surface area contributed by atoms with E-state index in [2.05, 4.69) is 5.32 Å². The van der Waals surface area contributed by atoms with Crippen molar-refractivity contribution in [2.75, 3.05) is 25.9 Å². The molecule has 3 nitrogen and oxygen atoms in total. The van der Waals surface area contributed by atoms with Gasteiger partial charge in [-0.05, 0) is 25.0 Å². The quantitative estimate of drug-likeness (QED) is 0.750. The van der Waals surface area contributed by atoms with E-state index in [0.29, 0.717) is 0 Å². The predicted molar refractivity (Wildman–Crippen MR) is 59.5 cm³/mol. The Morgan fingerprint density at radius 2 is 2.43 bits per heavy atom. The molecule has 1 amide bonds. The summed E-state index contributed by atoms with van der Waals surface area (Å²) in [5.74, 6) is 1.57. The van der Waals surface area contributed by atoms with Gasteiger partial charge in [-0.25, -0.2) is 0 Å². The van der Waals surface area contributed by atoms with Crippen molar-refractivity contribution in [1.82, 2.24) is 10.2 Å². The Morgan fingerprint density at radius 1 is 1.57 bits per heavy atom. The summed E-state index contributed by atoms with van der Waals surface area (Å²) < 4.78 is 0. The average Bonchev–Trinajstić information content (AvgIpc) is 2.77. The van der Waals surface area contributed by atoms with Gasteiger partial charge in [0.15, 0.2) is 0 Å². The number of nitrogens with zero attached hydrogens (tertiary/aromatic N) is 1. The third-order valence-electron chi connectivity index (χ3n) is 3.04. The van der Waals surface area contributed by atoms with Crippen molar-refractivity contribution in [3.63, 3.8) is 0 Å². The molecule has 2 atom stereocenters. The van der Waals surface area contributed by atoms with Crippen LogP contribution in [-0.2, 0) is 4.79 Å². The van der Waals surface area contributed by atoms with E-state index < -0.39 is 0 Å². The summed E-state index contributed by atoms with van der Waals surface area (Å²) in [6.45, 7) is 1.92. The SMILES string of the molecule is CN1CCC(NCC2CCCS2)C1=O. The molecule has 0 aromatic rings. The number of hydrogen-bond acceptors (Lipinski definition) is 3. The zero-order chi connectivity index (χ0) is 9.97. The minimum absolute atomic E-state index is 0.0983. The standard InChI is InChI=1S/C10H18N2OS/c1-12-5-4-9(10(12)13)11-7-8-3-2-6-14-8/h8-9,11H,2-7H2,1H3. The molecule has 2 aliphatic rings. The van der Waals surface area contributed by atoms with Crippen molar-refractivity contribution in [2.45, 2.75) is 30.6 Å². The summed E-state index contributed by atoms with van der Waals surface area (Å²) in [4.78, 5) is 13.4. The molecule has 1 N–H and O–H groups in total. The molecule has 0 aromatic heterocycles. The lowest BCUT2D eigenvalue weighted by atomic mass is 10.2. The van der Waals surface area contributed by atoms with Crippen LogP contribution in [0.2, 0.25) is 0 Å². The van der Waals surface area contributed by atoms with Crippen molar-refractivity contribution in [2.24, 2.45) is 0 Å². The molecule has 0 aromatic carbocycles. The highest BCUT2D eigenvalue weighted by molar-refractivity contribution is 8.00. The maximum absolute atomic E-state index is 11.6. The van der Waals surface area contributed by atoms with Gasteiger partial charge in [-0.3, -0.25) is 4.79 Å². The van der Waals surface area contributed by atoms with Crippen LogP contribution in [0.25, 0.3) is 0 Å². The van der Waals surface area contributed by atoms with E-state index in [1.54, 1.807) is 0 Å². The Kier molecular flexibility index (Phi) is 3.34. The van der Waals surface area contributed by atoms with Gasteiger partial charge in [-0.1, -0.05) is 0 Å². The highest BCUT2D eigenvalue weighted by atomic mass is 32.2. The topological polar surface area (TPSA) is 32.3 Å². The molecule has 0 aliphatic carbocycles. The molecule has 0 radical (unpaired) electrons. The largest absolute Gasteiger partial charge is 0.344 e. The number of likely N-dealkylation sites (N-methyl/N-ethyl adjacent to an activating group) is 1. The summed E-state index contributed by atoms with van der Waals surface area (Å²) >= 11 is 2.04. The molecule has 2 fully saturated rings. The van der Waals surface area contributed by atoms with Crippen molar-refractivity contribution < 1.29 is 4.79 Å². The van der Waals surface area contributed by atoms with Crippen LogP contribution in [-0.4, -0.2) is 48.0 Å². The Balaban J connectivity index is 1.72. The molecule has 2 aliphatic heterocycles. The number of rotatable bonds is 3. The van der Waals surface area contributed by atoms with E-state index in [1.807, 2.05) is 23.7 Å². The third-order valence-corrected chi connectivity index (χ3v) is 4.44. The number of carbonyl (C=O) groups excluding carboxylic acids is 1. The number of amides is 1. The van der Waals surface area contributed by atoms with E-state index >= 15 is 0 Å². The van der Waals surface area contributed by atoms with Crippen LogP contribution >= 0.6 is 11.8 Å². The van der Waals surface area contributed by atoms with Crippen LogP contribution in [0.1, 0.15) is 19.3 Å². The Morgan fingerprint density at radius 3 is 3.00 bits per heavy atom. The number of likely N-dealkylation sites (tertiary alicyclic amines) is 1. The summed E-state index contributed by atoms with van der Waals surface area (Å²) in [5, 5.41) is 4.14.